The second kappa shape index (κ2) is 7.72. The van der Waals surface area contributed by atoms with E-state index in [0.29, 0.717) is 0 Å². The lowest BCUT2D eigenvalue weighted by molar-refractivity contribution is 1.62. The van der Waals surface area contributed by atoms with Crippen LogP contribution in [0.2, 0.25) is 0 Å². The third-order valence-electron chi connectivity index (χ3n) is 3.70. The first-order valence-electron chi connectivity index (χ1n) is 7.68. The Morgan fingerprint density at radius 3 is 1.48 bits per heavy atom. The highest BCUT2D eigenvalue weighted by Crippen LogP contribution is 2.17. The van der Waals surface area contributed by atoms with Gasteiger partial charge in [0, 0.05) is 0 Å². The maximum atomic E-state index is 2.74. The zero-order chi connectivity index (χ0) is 15.9. The van der Waals surface area contributed by atoms with Gasteiger partial charge in [-0.25, -0.2) is 0 Å². The molecule has 23 heavy (non-hydrogen) atoms. The van der Waals surface area contributed by atoms with Crippen LogP contribution in [0.3, 0.4) is 0 Å². The number of rotatable bonds is 1. The molecule has 0 nitrogen and oxygen atoms in total. The average Bonchev–Trinajstić information content (AvgIpc) is 2.64. The first-order valence-corrected chi connectivity index (χ1v) is 8.26. The lowest BCUT2D eigenvalue weighted by Gasteiger charge is -1.98. The molecule has 0 spiro atoms. The predicted molar refractivity (Wildman–Crippen MR) is 105 cm³/mol. The molecule has 1 atom stereocenters. The molecule has 0 radical (unpaired) electrons. The van der Waals surface area contributed by atoms with Crippen LogP contribution >= 0.6 is 9.24 Å². The van der Waals surface area contributed by atoms with E-state index in [9.17, 15) is 0 Å². The third-order valence-corrected chi connectivity index (χ3v) is 4.21. The van der Waals surface area contributed by atoms with Crippen molar-refractivity contribution < 1.29 is 0 Å². The largest absolute Gasteiger partial charge is 0.105 e. The van der Waals surface area contributed by atoms with Crippen molar-refractivity contribution in [1.29, 1.82) is 0 Å². The number of hydrogen-bond acceptors (Lipinski definition) is 0. The summed E-state index contributed by atoms with van der Waals surface area (Å²) >= 11 is 0. The van der Waals surface area contributed by atoms with Gasteiger partial charge in [0.15, 0.2) is 0 Å². The number of hydrogen-bond donors (Lipinski definition) is 0. The van der Waals surface area contributed by atoms with Crippen molar-refractivity contribution in [3.05, 3.63) is 103 Å². The van der Waals surface area contributed by atoms with E-state index in [1.165, 1.54) is 27.2 Å². The van der Waals surface area contributed by atoms with Crippen molar-refractivity contribution in [2.45, 2.75) is 0 Å². The van der Waals surface area contributed by atoms with Gasteiger partial charge in [0.2, 0.25) is 0 Å². The zero-order valence-corrected chi connectivity index (χ0v) is 14.0. The molecule has 4 aromatic carbocycles. The Kier molecular flexibility index (Phi) is 5.19. The van der Waals surface area contributed by atoms with E-state index in [1.54, 1.807) is 0 Å². The molecule has 1 heteroatoms. The van der Waals surface area contributed by atoms with Crippen LogP contribution in [0.25, 0.3) is 21.9 Å². The summed E-state index contributed by atoms with van der Waals surface area (Å²) in [5.41, 5.74) is 2.55. The first-order chi connectivity index (χ1) is 11.3. The molecular weight excluding hydrogens is 295 g/mol. The Labute approximate surface area is 140 Å². The van der Waals surface area contributed by atoms with Crippen molar-refractivity contribution in [3.63, 3.8) is 0 Å². The summed E-state index contributed by atoms with van der Waals surface area (Å²) < 4.78 is 0. The summed E-state index contributed by atoms with van der Waals surface area (Å²) in [7, 11) is 2.74. The Balaban J connectivity index is 0.000000136. The van der Waals surface area contributed by atoms with E-state index in [0.717, 1.165) is 0 Å². The lowest BCUT2D eigenvalue weighted by atomic mass is 10.1. The van der Waals surface area contributed by atoms with E-state index in [4.69, 9.17) is 0 Å². The molecule has 0 aliphatic rings. The van der Waals surface area contributed by atoms with Crippen LogP contribution in [0.15, 0.2) is 103 Å². The minimum absolute atomic E-state index is 1.27. The van der Waals surface area contributed by atoms with Gasteiger partial charge in [-0.05, 0) is 27.2 Å². The Bertz CT molecular complexity index is 825. The van der Waals surface area contributed by atoms with E-state index in [1.807, 2.05) is 12.1 Å². The molecule has 0 aliphatic heterocycles. The second-order valence-electron chi connectivity index (χ2n) is 5.30. The van der Waals surface area contributed by atoms with Crippen molar-refractivity contribution in [2.24, 2.45) is 0 Å². The van der Waals surface area contributed by atoms with Gasteiger partial charge in [0.05, 0.1) is 0 Å². The van der Waals surface area contributed by atoms with Crippen molar-refractivity contribution >= 4 is 25.3 Å². The molecule has 4 aromatic rings. The highest BCUT2D eigenvalue weighted by atomic mass is 31.0. The van der Waals surface area contributed by atoms with E-state index in [2.05, 4.69) is 100 Å². The van der Waals surface area contributed by atoms with Gasteiger partial charge < -0.3 is 0 Å². The molecule has 0 bridgehead atoms. The zero-order valence-electron chi connectivity index (χ0n) is 12.9. The quantitative estimate of drug-likeness (QED) is 0.396. The average molecular weight is 314 g/mol. The molecule has 0 N–H and O–H groups in total. The fourth-order valence-corrected chi connectivity index (χ4v) is 2.89. The Hall–Kier alpha value is -2.43. The van der Waals surface area contributed by atoms with Gasteiger partial charge in [-0.3, -0.25) is 0 Å². The fourth-order valence-electron chi connectivity index (χ4n) is 2.51. The van der Waals surface area contributed by atoms with Gasteiger partial charge in [-0.1, -0.05) is 103 Å². The molecule has 112 valence electrons. The summed E-state index contributed by atoms with van der Waals surface area (Å²) in [4.78, 5) is 0. The van der Waals surface area contributed by atoms with Crippen LogP contribution in [-0.4, -0.2) is 0 Å². The van der Waals surface area contributed by atoms with Gasteiger partial charge in [-0.2, -0.15) is 0 Å². The molecule has 4 rings (SSSR count). The maximum Gasteiger partial charge on any atom is -0.0112 e. The summed E-state index contributed by atoms with van der Waals surface area (Å²) in [6.45, 7) is 0. The lowest BCUT2D eigenvalue weighted by Crippen LogP contribution is -1.90. The molecule has 0 heterocycles. The normalized spacial score (nSPS) is 9.96. The highest BCUT2D eigenvalue weighted by molar-refractivity contribution is 7.28. The summed E-state index contributed by atoms with van der Waals surface area (Å²) in [5.74, 6) is 0. The first kappa shape index (κ1) is 15.5. The highest BCUT2D eigenvalue weighted by Gasteiger charge is 1.92. The summed E-state index contributed by atoms with van der Waals surface area (Å²) in [6.07, 6.45) is 0. The molecule has 0 aliphatic carbocycles. The Morgan fingerprint density at radius 1 is 0.435 bits per heavy atom. The Morgan fingerprint density at radius 2 is 0.913 bits per heavy atom. The van der Waals surface area contributed by atoms with Crippen LogP contribution in [0, 0.1) is 0 Å². The molecule has 0 fully saturated rings. The second-order valence-corrected chi connectivity index (χ2v) is 5.92. The predicted octanol–water partition coefficient (Wildman–Crippen LogP) is 5.69. The smallest absolute Gasteiger partial charge is 0.0112 e. The standard InChI is InChI=1S/C12H10.C10H9P/c1-3-7-11(8-4-1)12-9-5-2-6-10-12;11-10-7-3-5-8-4-1-2-6-9(8)10/h1-10H;1-7H,11H2. The van der Waals surface area contributed by atoms with Crippen LogP contribution in [0.5, 0.6) is 0 Å². The van der Waals surface area contributed by atoms with Crippen molar-refractivity contribution in [2.75, 3.05) is 0 Å². The molecule has 0 saturated carbocycles. The molecule has 0 saturated heterocycles. The molecular formula is C22H19P. The monoisotopic (exact) mass is 314 g/mol. The van der Waals surface area contributed by atoms with E-state index in [-0.39, 0.29) is 0 Å². The van der Waals surface area contributed by atoms with Gasteiger partial charge in [0.1, 0.15) is 0 Å². The van der Waals surface area contributed by atoms with E-state index >= 15 is 0 Å². The number of fused-ring (bicyclic) bond motifs is 1. The van der Waals surface area contributed by atoms with Gasteiger partial charge >= 0.3 is 0 Å². The minimum Gasteiger partial charge on any atom is -0.105 e. The number of benzene rings is 4. The minimum atomic E-state index is 1.27. The topological polar surface area (TPSA) is 0 Å². The third kappa shape index (κ3) is 4.06. The van der Waals surface area contributed by atoms with Crippen LogP contribution in [0.1, 0.15) is 0 Å². The van der Waals surface area contributed by atoms with Gasteiger partial charge in [-0.15, -0.1) is 9.24 Å². The molecule has 0 aromatic heterocycles. The van der Waals surface area contributed by atoms with Crippen molar-refractivity contribution in [1.82, 2.24) is 0 Å². The van der Waals surface area contributed by atoms with Crippen molar-refractivity contribution in [3.8, 4) is 11.1 Å². The van der Waals surface area contributed by atoms with Crippen LogP contribution in [0.4, 0.5) is 0 Å². The van der Waals surface area contributed by atoms with Crippen LogP contribution < -0.4 is 5.30 Å². The fraction of sp³-hybridized carbons (Fsp3) is 0. The van der Waals surface area contributed by atoms with E-state index < -0.39 is 0 Å². The van der Waals surface area contributed by atoms with Gasteiger partial charge in [0.25, 0.3) is 0 Å². The van der Waals surface area contributed by atoms with Crippen LogP contribution in [-0.2, 0) is 0 Å². The SMILES string of the molecule is Pc1cccc2ccccc12.c1ccc(-c2ccccc2)cc1. The summed E-state index contributed by atoms with van der Waals surface area (Å²) in [6, 6.07) is 35.5. The summed E-state index contributed by atoms with van der Waals surface area (Å²) in [5, 5.41) is 3.89. The molecule has 1 unspecified atom stereocenters. The maximum absolute atomic E-state index is 2.74. The molecule has 0 amide bonds.